The van der Waals surface area contributed by atoms with Crippen molar-refractivity contribution in [3.63, 3.8) is 0 Å². The van der Waals surface area contributed by atoms with Gasteiger partial charge in [-0.1, -0.05) is 17.7 Å². The smallest absolute Gasteiger partial charge is 0.326 e. The minimum absolute atomic E-state index is 0.156. The van der Waals surface area contributed by atoms with Crippen molar-refractivity contribution in [1.29, 1.82) is 0 Å². The number of benzene rings is 1. The second kappa shape index (κ2) is 8.36. The number of hydrogen-bond acceptors (Lipinski definition) is 4. The summed E-state index contributed by atoms with van der Waals surface area (Å²) in [6, 6.07) is 5.20. The fraction of sp³-hybridized carbons (Fsp3) is 0.529. The van der Waals surface area contributed by atoms with Crippen LogP contribution in [-0.2, 0) is 14.3 Å². The van der Waals surface area contributed by atoms with E-state index >= 15 is 0 Å². The first-order chi connectivity index (χ1) is 11.0. The molecule has 5 nitrogen and oxygen atoms in total. The number of nitrogens with one attached hydrogen (secondary N) is 1. The summed E-state index contributed by atoms with van der Waals surface area (Å²) < 4.78 is 5.33. The van der Waals surface area contributed by atoms with Crippen molar-refractivity contribution in [1.82, 2.24) is 5.32 Å². The van der Waals surface area contributed by atoms with E-state index in [1.54, 1.807) is 0 Å². The van der Waals surface area contributed by atoms with Gasteiger partial charge in [0.1, 0.15) is 6.04 Å². The molecule has 1 aromatic rings. The number of carboxylic acids is 1. The molecule has 1 amide bonds. The lowest BCUT2D eigenvalue weighted by Crippen LogP contribution is -2.48. The maximum absolute atomic E-state index is 12.1. The summed E-state index contributed by atoms with van der Waals surface area (Å²) in [5.41, 5.74) is 2.30. The van der Waals surface area contributed by atoms with Gasteiger partial charge in [0.2, 0.25) is 5.91 Å². The Morgan fingerprint density at radius 1 is 1.43 bits per heavy atom. The number of rotatable bonds is 6. The number of aryl methyl sites for hydroxylation is 2. The lowest BCUT2D eigenvalue weighted by atomic mass is 9.94. The molecule has 2 rings (SSSR count). The molecule has 2 N–H and O–H groups in total. The van der Waals surface area contributed by atoms with E-state index in [-0.39, 0.29) is 17.6 Å². The summed E-state index contributed by atoms with van der Waals surface area (Å²) in [7, 11) is 0. The zero-order valence-electron chi connectivity index (χ0n) is 13.5. The number of carbonyl (C=O) groups excluding carboxylic acids is 1. The van der Waals surface area contributed by atoms with Crippen molar-refractivity contribution >= 4 is 23.6 Å². The molecule has 0 spiro atoms. The molecule has 1 fully saturated rings. The van der Waals surface area contributed by atoms with Crippen molar-refractivity contribution in [3.8, 4) is 0 Å². The Bertz CT molecular complexity index is 570. The van der Waals surface area contributed by atoms with Crippen LogP contribution in [0.25, 0.3) is 0 Å². The van der Waals surface area contributed by atoms with Gasteiger partial charge in [-0.05, 0) is 38.3 Å². The van der Waals surface area contributed by atoms with Gasteiger partial charge in [0.25, 0.3) is 0 Å². The highest BCUT2D eigenvalue weighted by Crippen LogP contribution is 2.23. The summed E-state index contributed by atoms with van der Waals surface area (Å²) >= 11 is 1.43. The summed E-state index contributed by atoms with van der Waals surface area (Å²) in [4.78, 5) is 24.6. The zero-order valence-corrected chi connectivity index (χ0v) is 14.3. The van der Waals surface area contributed by atoms with Gasteiger partial charge >= 0.3 is 5.97 Å². The number of hydrogen-bond donors (Lipinski definition) is 2. The van der Waals surface area contributed by atoms with Crippen molar-refractivity contribution in [2.45, 2.75) is 37.6 Å². The van der Waals surface area contributed by atoms with E-state index in [2.05, 4.69) is 11.4 Å². The minimum Gasteiger partial charge on any atom is -0.480 e. The highest BCUT2D eigenvalue weighted by molar-refractivity contribution is 8.00. The van der Waals surface area contributed by atoms with Gasteiger partial charge in [0, 0.05) is 17.4 Å². The molecular formula is C17H23NO4S. The van der Waals surface area contributed by atoms with Crippen LogP contribution < -0.4 is 5.32 Å². The second-order valence-electron chi connectivity index (χ2n) is 5.92. The topological polar surface area (TPSA) is 75.6 Å². The summed E-state index contributed by atoms with van der Waals surface area (Å²) in [6.07, 6.45) is 1.60. The molecule has 0 aliphatic carbocycles. The third-order valence-electron chi connectivity index (χ3n) is 3.94. The number of carboxylic acid groups (broad SMARTS) is 1. The largest absolute Gasteiger partial charge is 0.480 e. The number of carbonyl (C=O) groups is 2. The molecule has 1 aliphatic heterocycles. The zero-order chi connectivity index (χ0) is 16.8. The van der Waals surface area contributed by atoms with E-state index in [9.17, 15) is 14.7 Å². The van der Waals surface area contributed by atoms with Crippen LogP contribution in [0.4, 0.5) is 0 Å². The monoisotopic (exact) mass is 337 g/mol. The maximum Gasteiger partial charge on any atom is 0.326 e. The molecule has 2 atom stereocenters. The van der Waals surface area contributed by atoms with Gasteiger partial charge in [0.05, 0.1) is 12.4 Å². The van der Waals surface area contributed by atoms with Crippen LogP contribution in [0.1, 0.15) is 24.0 Å². The van der Waals surface area contributed by atoms with E-state index in [0.717, 1.165) is 23.3 Å². The number of amides is 1. The molecule has 1 aliphatic rings. The first-order valence-corrected chi connectivity index (χ1v) is 8.76. The quantitative estimate of drug-likeness (QED) is 0.780. The van der Waals surface area contributed by atoms with Crippen LogP contribution in [0.15, 0.2) is 23.1 Å². The molecule has 0 bridgehead atoms. The lowest BCUT2D eigenvalue weighted by molar-refractivity contribution is -0.144. The third-order valence-corrected chi connectivity index (χ3v) is 5.11. The molecule has 0 aromatic heterocycles. The van der Waals surface area contributed by atoms with E-state index in [1.807, 2.05) is 26.0 Å². The lowest BCUT2D eigenvalue weighted by Gasteiger charge is -2.28. The third kappa shape index (κ3) is 5.25. The minimum atomic E-state index is -0.995. The number of ether oxygens (including phenoxy) is 1. The van der Waals surface area contributed by atoms with E-state index < -0.39 is 12.0 Å². The molecule has 1 aromatic carbocycles. The van der Waals surface area contributed by atoms with Crippen LogP contribution in [0.5, 0.6) is 0 Å². The Kier molecular flexibility index (Phi) is 6.47. The van der Waals surface area contributed by atoms with Gasteiger partial charge < -0.3 is 15.2 Å². The van der Waals surface area contributed by atoms with Gasteiger partial charge in [-0.15, -0.1) is 11.8 Å². The molecule has 0 radical (unpaired) electrons. The normalized spacial score (nSPS) is 19.1. The average Bonchev–Trinajstić information content (AvgIpc) is 2.52. The van der Waals surface area contributed by atoms with Crippen LogP contribution in [0.3, 0.4) is 0 Å². The summed E-state index contributed by atoms with van der Waals surface area (Å²) in [5, 5.41) is 12.0. The summed E-state index contributed by atoms with van der Waals surface area (Å²) in [6.45, 7) is 5.09. The van der Waals surface area contributed by atoms with Crippen molar-refractivity contribution in [2.75, 3.05) is 19.0 Å². The first-order valence-electron chi connectivity index (χ1n) is 7.77. The number of thioether (sulfide) groups is 1. The predicted octanol–water partition coefficient (Wildman–Crippen LogP) is 2.39. The standard InChI is InChI=1S/C17H23NO4S/c1-11-5-6-14(12(2)8-11)23-10-15(19)18-16(17(20)21)13-4-3-7-22-9-13/h5-6,8,13,16H,3-4,7,9-10H2,1-2H3,(H,18,19)(H,20,21). The maximum atomic E-state index is 12.1. The average molecular weight is 337 g/mol. The first kappa shape index (κ1) is 17.8. The SMILES string of the molecule is Cc1ccc(SCC(=O)NC(C(=O)O)C2CCCOC2)c(C)c1. The molecule has 2 unspecified atom stereocenters. The predicted molar refractivity (Wildman–Crippen MR) is 89.7 cm³/mol. The van der Waals surface area contributed by atoms with Crippen molar-refractivity contribution in [2.24, 2.45) is 5.92 Å². The molecule has 0 saturated carbocycles. The molecule has 1 heterocycles. The van der Waals surface area contributed by atoms with Gasteiger partial charge in [-0.2, -0.15) is 0 Å². The fourth-order valence-corrected chi connectivity index (χ4v) is 3.55. The Labute approximate surface area is 140 Å². The van der Waals surface area contributed by atoms with Crippen LogP contribution in [0.2, 0.25) is 0 Å². The molecule has 6 heteroatoms. The van der Waals surface area contributed by atoms with E-state index in [1.165, 1.54) is 17.3 Å². The Balaban J connectivity index is 1.90. The number of aliphatic carboxylic acids is 1. The highest BCUT2D eigenvalue weighted by atomic mass is 32.2. The van der Waals surface area contributed by atoms with Crippen LogP contribution >= 0.6 is 11.8 Å². The second-order valence-corrected chi connectivity index (χ2v) is 6.94. The van der Waals surface area contributed by atoms with Crippen LogP contribution in [-0.4, -0.2) is 42.0 Å². The van der Waals surface area contributed by atoms with Crippen molar-refractivity contribution < 1.29 is 19.4 Å². The van der Waals surface area contributed by atoms with Gasteiger partial charge in [-0.25, -0.2) is 4.79 Å². The van der Waals surface area contributed by atoms with Gasteiger partial charge in [-0.3, -0.25) is 4.79 Å². The van der Waals surface area contributed by atoms with E-state index in [4.69, 9.17) is 4.74 Å². The summed E-state index contributed by atoms with van der Waals surface area (Å²) in [5.74, 6) is -1.20. The molecule has 1 saturated heterocycles. The Morgan fingerprint density at radius 2 is 2.22 bits per heavy atom. The molecule has 23 heavy (non-hydrogen) atoms. The Morgan fingerprint density at radius 3 is 2.83 bits per heavy atom. The van der Waals surface area contributed by atoms with Crippen LogP contribution in [0, 0.1) is 19.8 Å². The Hall–Kier alpha value is -1.53. The van der Waals surface area contributed by atoms with Gasteiger partial charge in [0.15, 0.2) is 0 Å². The van der Waals surface area contributed by atoms with E-state index in [0.29, 0.717) is 13.2 Å². The van der Waals surface area contributed by atoms with Crippen molar-refractivity contribution in [3.05, 3.63) is 29.3 Å². The molecule has 126 valence electrons. The highest BCUT2D eigenvalue weighted by Gasteiger charge is 2.31. The molecular weight excluding hydrogens is 314 g/mol. The fourth-order valence-electron chi connectivity index (χ4n) is 2.73.